The summed E-state index contributed by atoms with van der Waals surface area (Å²) in [5, 5.41) is 16.8. The van der Waals surface area contributed by atoms with Crippen molar-refractivity contribution in [1.82, 2.24) is 20.4 Å². The highest BCUT2D eigenvalue weighted by Crippen LogP contribution is 2.30. The maximum atomic E-state index is 13.3. The lowest BCUT2D eigenvalue weighted by Gasteiger charge is -2.30. The summed E-state index contributed by atoms with van der Waals surface area (Å²) in [6, 6.07) is -1.44. The number of hydrogen-bond acceptors (Lipinski definition) is 9. The molecule has 0 aliphatic heterocycles. The molecule has 1 saturated carbocycles. The van der Waals surface area contributed by atoms with Crippen LogP contribution in [-0.2, 0) is 25.8 Å². The number of nitrogens with one attached hydrogen (secondary N) is 1. The van der Waals surface area contributed by atoms with Gasteiger partial charge in [-0.05, 0) is 46.0 Å². The fraction of sp³-hybridized carbons (Fsp3) is 0.800. The molecule has 2 N–H and O–H groups in total. The number of carbonyl (C=O) groups excluding carboxylic acids is 2. The average Bonchev–Trinajstić information content (AvgIpc) is 3.33. The zero-order chi connectivity index (χ0) is 24.1. The summed E-state index contributed by atoms with van der Waals surface area (Å²) in [5.41, 5.74) is -0.839. The van der Waals surface area contributed by atoms with Gasteiger partial charge in [-0.25, -0.2) is 13.2 Å². The van der Waals surface area contributed by atoms with Crippen LogP contribution in [-0.4, -0.2) is 70.3 Å². The van der Waals surface area contributed by atoms with E-state index in [0.29, 0.717) is 18.7 Å². The van der Waals surface area contributed by atoms with Gasteiger partial charge in [0.05, 0.1) is 11.5 Å². The molecule has 1 aromatic rings. The van der Waals surface area contributed by atoms with E-state index in [0.717, 1.165) is 17.7 Å². The molecular weight excluding hydrogens is 440 g/mol. The smallest absolute Gasteiger partial charge is 0.408 e. The van der Waals surface area contributed by atoms with E-state index >= 15 is 0 Å². The van der Waals surface area contributed by atoms with Gasteiger partial charge in [0.25, 0.3) is 0 Å². The molecule has 0 saturated heterocycles. The quantitative estimate of drug-likeness (QED) is 0.455. The molecule has 0 spiro atoms. The molecule has 0 bridgehead atoms. The lowest BCUT2D eigenvalue weighted by atomic mass is 10.2. The van der Waals surface area contributed by atoms with Crippen LogP contribution in [0.1, 0.15) is 71.8 Å². The number of rotatable bonds is 11. The third-order valence-corrected chi connectivity index (χ3v) is 6.48. The zero-order valence-corrected chi connectivity index (χ0v) is 20.1. The molecule has 1 aliphatic carbocycles. The van der Waals surface area contributed by atoms with Gasteiger partial charge in [-0.1, -0.05) is 19.0 Å². The molecule has 32 heavy (non-hydrogen) atoms. The summed E-state index contributed by atoms with van der Waals surface area (Å²) in [6.07, 6.45) is 0.0984. The SMILES string of the molecule is CCCN(C(=O)[C@H](CS(=O)(=O)CC1CC1)NC(=O)OC(C)(C)C)[C@@H](O)c1noc(CC)n1. The molecule has 1 heterocycles. The van der Waals surface area contributed by atoms with E-state index in [4.69, 9.17) is 9.26 Å². The molecule has 0 unspecified atom stereocenters. The Kier molecular flexibility index (Phi) is 8.63. The number of aryl methyl sites for hydroxylation is 1. The van der Waals surface area contributed by atoms with Crippen molar-refractivity contribution in [2.75, 3.05) is 18.1 Å². The first-order chi connectivity index (χ1) is 14.8. The summed E-state index contributed by atoms with van der Waals surface area (Å²) >= 11 is 0. The van der Waals surface area contributed by atoms with Crippen LogP contribution in [0.15, 0.2) is 4.52 Å². The predicted molar refractivity (Wildman–Crippen MR) is 115 cm³/mol. The van der Waals surface area contributed by atoms with Gasteiger partial charge in [-0.3, -0.25) is 4.79 Å². The zero-order valence-electron chi connectivity index (χ0n) is 19.3. The number of aliphatic hydroxyl groups is 1. The van der Waals surface area contributed by atoms with Crippen LogP contribution in [0.25, 0.3) is 0 Å². The molecule has 11 nitrogen and oxygen atoms in total. The van der Waals surface area contributed by atoms with E-state index in [1.54, 1.807) is 34.6 Å². The van der Waals surface area contributed by atoms with Crippen LogP contribution in [0.4, 0.5) is 4.79 Å². The molecule has 2 rings (SSSR count). The molecule has 0 radical (unpaired) electrons. The van der Waals surface area contributed by atoms with Crippen LogP contribution in [0, 0.1) is 5.92 Å². The van der Waals surface area contributed by atoms with Gasteiger partial charge >= 0.3 is 6.09 Å². The second-order valence-corrected chi connectivity index (χ2v) is 11.2. The number of alkyl carbamates (subject to hydrolysis) is 1. The number of aliphatic hydroxyl groups excluding tert-OH is 1. The Labute approximate surface area is 188 Å². The van der Waals surface area contributed by atoms with Crippen molar-refractivity contribution in [3.05, 3.63) is 11.7 Å². The second kappa shape index (κ2) is 10.6. The number of carbonyl (C=O) groups is 2. The summed E-state index contributed by atoms with van der Waals surface area (Å²) in [5.74, 6) is -1.15. The first-order valence-corrected chi connectivity index (χ1v) is 12.7. The van der Waals surface area contributed by atoms with Gasteiger partial charge < -0.3 is 24.6 Å². The predicted octanol–water partition coefficient (Wildman–Crippen LogP) is 1.58. The molecule has 0 aromatic carbocycles. The molecule has 2 amide bonds. The van der Waals surface area contributed by atoms with E-state index in [-0.39, 0.29) is 24.0 Å². The van der Waals surface area contributed by atoms with Gasteiger partial charge in [-0.2, -0.15) is 4.98 Å². The Hall–Kier alpha value is -2.21. The molecule has 2 atom stereocenters. The maximum absolute atomic E-state index is 13.3. The van der Waals surface area contributed by atoms with Crippen molar-refractivity contribution < 1.29 is 32.4 Å². The van der Waals surface area contributed by atoms with Crippen LogP contribution in [0.3, 0.4) is 0 Å². The largest absolute Gasteiger partial charge is 0.444 e. The third-order valence-electron chi connectivity index (χ3n) is 4.66. The number of sulfone groups is 1. The number of amides is 2. The van der Waals surface area contributed by atoms with Gasteiger partial charge in [0.2, 0.25) is 17.6 Å². The molecule has 1 fully saturated rings. The molecular formula is C20H34N4O7S. The van der Waals surface area contributed by atoms with Crippen molar-refractivity contribution in [1.29, 1.82) is 0 Å². The highest BCUT2D eigenvalue weighted by Gasteiger charge is 2.37. The summed E-state index contributed by atoms with van der Waals surface area (Å²) in [7, 11) is -3.64. The fourth-order valence-corrected chi connectivity index (χ4v) is 4.96. The Balaban J connectivity index is 2.27. The minimum Gasteiger partial charge on any atom is -0.444 e. The van der Waals surface area contributed by atoms with Gasteiger partial charge in [0.15, 0.2) is 16.1 Å². The minimum absolute atomic E-state index is 0.0478. The average molecular weight is 475 g/mol. The fourth-order valence-electron chi connectivity index (χ4n) is 3.04. The molecule has 1 aliphatic rings. The third kappa shape index (κ3) is 8.05. The Morgan fingerprint density at radius 2 is 1.97 bits per heavy atom. The molecule has 182 valence electrons. The molecule has 12 heteroatoms. The maximum Gasteiger partial charge on any atom is 0.408 e. The summed E-state index contributed by atoms with van der Waals surface area (Å²) in [6.45, 7) is 8.64. The van der Waals surface area contributed by atoms with Crippen molar-refractivity contribution in [2.24, 2.45) is 5.92 Å². The van der Waals surface area contributed by atoms with Crippen LogP contribution >= 0.6 is 0 Å². The van der Waals surface area contributed by atoms with Crippen molar-refractivity contribution in [2.45, 2.75) is 78.2 Å². The number of nitrogens with zero attached hydrogens (tertiary/aromatic N) is 3. The summed E-state index contributed by atoms with van der Waals surface area (Å²) < 4.78 is 35.5. The number of hydrogen-bond donors (Lipinski definition) is 2. The van der Waals surface area contributed by atoms with E-state index in [9.17, 15) is 23.1 Å². The topological polar surface area (TPSA) is 152 Å². The minimum atomic E-state index is -3.64. The van der Waals surface area contributed by atoms with Crippen LogP contribution in [0.5, 0.6) is 0 Å². The van der Waals surface area contributed by atoms with E-state index < -0.39 is 45.5 Å². The first kappa shape index (κ1) is 26.0. The first-order valence-electron chi connectivity index (χ1n) is 10.9. The Morgan fingerprint density at radius 3 is 2.47 bits per heavy atom. The monoisotopic (exact) mass is 474 g/mol. The van der Waals surface area contributed by atoms with Gasteiger partial charge in [0, 0.05) is 13.0 Å². The normalized spacial score (nSPS) is 16.3. The highest BCUT2D eigenvalue weighted by molar-refractivity contribution is 7.91. The van der Waals surface area contributed by atoms with Crippen LogP contribution in [0.2, 0.25) is 0 Å². The van der Waals surface area contributed by atoms with E-state index in [1.807, 2.05) is 0 Å². The van der Waals surface area contributed by atoms with Crippen LogP contribution < -0.4 is 5.32 Å². The summed E-state index contributed by atoms with van der Waals surface area (Å²) in [4.78, 5) is 30.8. The van der Waals surface area contributed by atoms with E-state index in [1.165, 1.54) is 0 Å². The van der Waals surface area contributed by atoms with Gasteiger partial charge in [0.1, 0.15) is 11.6 Å². The lowest BCUT2D eigenvalue weighted by molar-refractivity contribution is -0.144. The molecule has 1 aromatic heterocycles. The van der Waals surface area contributed by atoms with Crippen molar-refractivity contribution in [3.63, 3.8) is 0 Å². The van der Waals surface area contributed by atoms with Crippen molar-refractivity contribution in [3.8, 4) is 0 Å². The number of ether oxygens (including phenoxy) is 1. The number of aromatic nitrogens is 2. The van der Waals surface area contributed by atoms with Crippen molar-refractivity contribution >= 4 is 21.8 Å². The van der Waals surface area contributed by atoms with E-state index in [2.05, 4.69) is 15.5 Å². The lowest BCUT2D eigenvalue weighted by Crippen LogP contribution is -2.54. The second-order valence-electron chi connectivity index (χ2n) is 9.02. The van der Waals surface area contributed by atoms with Gasteiger partial charge in [-0.15, -0.1) is 0 Å². The Morgan fingerprint density at radius 1 is 1.31 bits per heavy atom. The standard InChI is InChI=1S/C20H34N4O7S/c1-6-10-24(18(26)16-22-15(7-2)31-23-16)17(25)14(21-19(27)30-20(3,4)5)12-32(28,29)11-13-8-9-13/h13-14,18,26H,6-12H2,1-5H3,(H,21,27)/t14-,18-/m0/s1. The Bertz CT molecular complexity index is 890. The highest BCUT2D eigenvalue weighted by atomic mass is 32.2.